The molecule has 6 heteroatoms. The van der Waals surface area contributed by atoms with Crippen LogP contribution in [0.2, 0.25) is 0 Å². The summed E-state index contributed by atoms with van der Waals surface area (Å²) >= 11 is 0. The monoisotopic (exact) mass is 602 g/mol. The number of ether oxygens (including phenoxy) is 4. The third-order valence-corrected chi connectivity index (χ3v) is 8.19. The second-order valence-electron chi connectivity index (χ2n) is 11.2. The molecular weight excluding hydrogens is 564 g/mol. The van der Waals surface area contributed by atoms with Crippen molar-refractivity contribution in [1.82, 2.24) is 0 Å². The Morgan fingerprint density at radius 1 is 0.556 bits per heavy atom. The zero-order chi connectivity index (χ0) is 30.9. The highest BCUT2D eigenvalue weighted by Gasteiger charge is 2.49. The number of rotatable bonds is 13. The Morgan fingerprint density at radius 3 is 1.36 bits per heavy atom. The van der Waals surface area contributed by atoms with E-state index in [9.17, 15) is 10.2 Å². The summed E-state index contributed by atoms with van der Waals surface area (Å²) in [7, 11) is 0. The number of hydrogen-bond acceptors (Lipinski definition) is 6. The molecule has 0 aliphatic carbocycles. The Labute approximate surface area is 264 Å². The van der Waals surface area contributed by atoms with Gasteiger partial charge in [0.1, 0.15) is 30.0 Å². The lowest BCUT2D eigenvalue weighted by molar-refractivity contribution is -0.167. The molecule has 0 radical (unpaired) electrons. The van der Waals surface area contributed by atoms with Crippen molar-refractivity contribution in [1.29, 1.82) is 0 Å². The zero-order valence-electron chi connectivity index (χ0n) is 25.0. The number of aliphatic hydroxyl groups excluding tert-OH is 2. The van der Waals surface area contributed by atoms with Crippen LogP contribution in [-0.4, -0.2) is 47.5 Å². The molecule has 0 aromatic heterocycles. The van der Waals surface area contributed by atoms with E-state index in [0.717, 1.165) is 27.8 Å². The molecule has 5 aromatic carbocycles. The van der Waals surface area contributed by atoms with Crippen molar-refractivity contribution < 1.29 is 29.2 Å². The topological polar surface area (TPSA) is 77.4 Å². The van der Waals surface area contributed by atoms with Gasteiger partial charge in [-0.15, -0.1) is 0 Å². The summed E-state index contributed by atoms with van der Waals surface area (Å²) in [5.74, 6) is 0. The van der Waals surface area contributed by atoms with E-state index in [4.69, 9.17) is 18.9 Å². The van der Waals surface area contributed by atoms with E-state index >= 15 is 0 Å². The fraction of sp³-hybridized carbons (Fsp3) is 0.231. The molecule has 1 fully saturated rings. The Kier molecular flexibility index (Phi) is 10.1. The summed E-state index contributed by atoms with van der Waals surface area (Å²) in [6, 6.07) is 49.5. The highest BCUT2D eigenvalue weighted by molar-refractivity contribution is 5.47. The van der Waals surface area contributed by atoms with Crippen LogP contribution in [0.3, 0.4) is 0 Å². The Morgan fingerprint density at radius 2 is 0.933 bits per heavy atom. The number of aliphatic hydroxyl groups is 2. The van der Waals surface area contributed by atoms with E-state index < -0.39 is 36.3 Å². The van der Waals surface area contributed by atoms with Crippen LogP contribution < -0.4 is 0 Å². The minimum Gasteiger partial charge on any atom is -0.388 e. The highest BCUT2D eigenvalue weighted by atomic mass is 16.7. The zero-order valence-corrected chi connectivity index (χ0v) is 25.0. The quantitative estimate of drug-likeness (QED) is 0.155. The molecule has 5 aromatic rings. The van der Waals surface area contributed by atoms with Crippen molar-refractivity contribution >= 4 is 0 Å². The summed E-state index contributed by atoms with van der Waals surface area (Å²) in [5, 5.41) is 22.8. The first kappa shape index (κ1) is 30.9. The molecule has 1 saturated heterocycles. The van der Waals surface area contributed by atoms with Crippen molar-refractivity contribution in [3.8, 4) is 0 Å². The van der Waals surface area contributed by atoms with Gasteiger partial charge in [-0.2, -0.15) is 0 Å². The molecule has 0 bridgehead atoms. The number of hydrogen-bond donors (Lipinski definition) is 2. The largest absolute Gasteiger partial charge is 0.388 e. The Hall–Kier alpha value is -4.14. The van der Waals surface area contributed by atoms with Gasteiger partial charge in [0, 0.05) is 0 Å². The van der Waals surface area contributed by atoms with Gasteiger partial charge in [-0.05, 0) is 27.8 Å². The van der Waals surface area contributed by atoms with Crippen LogP contribution in [-0.2, 0) is 37.8 Å². The third-order valence-electron chi connectivity index (χ3n) is 8.19. The van der Waals surface area contributed by atoms with E-state index in [1.165, 1.54) is 0 Å². The van der Waals surface area contributed by atoms with Gasteiger partial charge < -0.3 is 29.2 Å². The lowest BCUT2D eigenvalue weighted by Gasteiger charge is -2.37. The molecule has 0 saturated carbocycles. The van der Waals surface area contributed by atoms with Crippen molar-refractivity contribution in [2.24, 2.45) is 0 Å². The average molecular weight is 603 g/mol. The molecule has 6 nitrogen and oxygen atoms in total. The standard InChI is InChI=1S/C39H38O6/c40-34(28-44-39(31-20-10-3-11-21-31,32-22-12-4-13-23-32)33-24-14-5-15-25-33)35-36(42-26-29-16-6-1-7-17-29)37(38(41)45-35)43-27-30-18-8-2-9-19-30/h1-25,34-38,40-41H,26-28H2/t34-,35-,36-,37+,38?/m0/s1. The lowest BCUT2D eigenvalue weighted by atomic mass is 9.80. The van der Waals surface area contributed by atoms with E-state index in [1.807, 2.05) is 152 Å². The van der Waals surface area contributed by atoms with Crippen molar-refractivity contribution in [3.63, 3.8) is 0 Å². The van der Waals surface area contributed by atoms with Crippen molar-refractivity contribution in [2.45, 2.75) is 49.5 Å². The second-order valence-corrected chi connectivity index (χ2v) is 11.2. The van der Waals surface area contributed by atoms with Crippen LogP contribution in [0.1, 0.15) is 27.8 Å². The van der Waals surface area contributed by atoms with Crippen LogP contribution >= 0.6 is 0 Å². The molecule has 1 aliphatic heterocycles. The molecular formula is C39H38O6. The molecule has 1 heterocycles. The molecule has 0 spiro atoms. The summed E-state index contributed by atoms with van der Waals surface area (Å²) in [6.45, 7) is 0.418. The second kappa shape index (κ2) is 14.8. The van der Waals surface area contributed by atoms with Gasteiger partial charge in [-0.3, -0.25) is 0 Å². The Bertz CT molecular complexity index is 1470. The number of benzene rings is 5. The van der Waals surface area contributed by atoms with Gasteiger partial charge in [0.05, 0.1) is 19.8 Å². The molecule has 1 aliphatic rings. The summed E-state index contributed by atoms with van der Waals surface area (Å²) in [4.78, 5) is 0. The van der Waals surface area contributed by atoms with E-state index in [0.29, 0.717) is 0 Å². The first-order chi connectivity index (χ1) is 22.1. The molecule has 0 amide bonds. The molecule has 230 valence electrons. The maximum atomic E-state index is 11.7. The van der Waals surface area contributed by atoms with Crippen LogP contribution in [0.15, 0.2) is 152 Å². The summed E-state index contributed by atoms with van der Waals surface area (Å²) < 4.78 is 25.4. The van der Waals surface area contributed by atoms with Gasteiger partial charge in [-0.25, -0.2) is 0 Å². The van der Waals surface area contributed by atoms with Gasteiger partial charge in [0.25, 0.3) is 0 Å². The molecule has 5 atom stereocenters. The van der Waals surface area contributed by atoms with E-state index in [-0.39, 0.29) is 19.8 Å². The lowest BCUT2D eigenvalue weighted by Crippen LogP contribution is -2.45. The van der Waals surface area contributed by atoms with Gasteiger partial charge >= 0.3 is 0 Å². The predicted octanol–water partition coefficient (Wildman–Crippen LogP) is 6.24. The van der Waals surface area contributed by atoms with Gasteiger partial charge in [0.15, 0.2) is 6.29 Å². The minimum atomic E-state index is -1.30. The van der Waals surface area contributed by atoms with Gasteiger partial charge in [-0.1, -0.05) is 152 Å². The third kappa shape index (κ3) is 7.08. The summed E-state index contributed by atoms with van der Waals surface area (Å²) in [5.41, 5.74) is 3.65. The van der Waals surface area contributed by atoms with Crippen LogP contribution in [0.4, 0.5) is 0 Å². The minimum absolute atomic E-state index is 0.104. The summed E-state index contributed by atoms with van der Waals surface area (Å²) in [6.07, 6.45) is -4.94. The fourth-order valence-electron chi connectivity index (χ4n) is 5.95. The molecule has 45 heavy (non-hydrogen) atoms. The maximum Gasteiger partial charge on any atom is 0.184 e. The van der Waals surface area contributed by atoms with Crippen LogP contribution in [0.25, 0.3) is 0 Å². The smallest absolute Gasteiger partial charge is 0.184 e. The van der Waals surface area contributed by atoms with Gasteiger partial charge in [0.2, 0.25) is 0 Å². The van der Waals surface area contributed by atoms with Crippen LogP contribution in [0, 0.1) is 0 Å². The normalized spacial score (nSPS) is 20.6. The molecule has 2 N–H and O–H groups in total. The predicted molar refractivity (Wildman–Crippen MR) is 172 cm³/mol. The fourth-order valence-corrected chi connectivity index (χ4v) is 5.95. The first-order valence-electron chi connectivity index (χ1n) is 15.3. The van der Waals surface area contributed by atoms with Crippen molar-refractivity contribution in [2.75, 3.05) is 6.61 Å². The maximum absolute atomic E-state index is 11.7. The highest BCUT2D eigenvalue weighted by Crippen LogP contribution is 2.41. The van der Waals surface area contributed by atoms with E-state index in [1.54, 1.807) is 0 Å². The Balaban J connectivity index is 1.28. The average Bonchev–Trinajstić information content (AvgIpc) is 3.43. The van der Waals surface area contributed by atoms with Crippen molar-refractivity contribution in [3.05, 3.63) is 179 Å². The van der Waals surface area contributed by atoms with E-state index in [2.05, 4.69) is 0 Å². The molecule has 6 rings (SSSR count). The SMILES string of the molecule is OC1O[C@@H]([C@@H](O)COC(c2ccccc2)(c2ccccc2)c2ccccc2)[C@H](OCc2ccccc2)[C@H]1OCc1ccccc1. The van der Waals surface area contributed by atoms with Crippen LogP contribution in [0.5, 0.6) is 0 Å². The first-order valence-corrected chi connectivity index (χ1v) is 15.3. The molecule has 1 unspecified atom stereocenters.